The molecule has 21 heavy (non-hydrogen) atoms. The Hall–Kier alpha value is -1.63. The first kappa shape index (κ1) is 15.8. The van der Waals surface area contributed by atoms with E-state index in [1.54, 1.807) is 6.42 Å². The smallest absolute Gasteiger partial charge is 0.368 e. The van der Waals surface area contributed by atoms with Crippen molar-refractivity contribution in [1.82, 2.24) is 4.90 Å². The summed E-state index contributed by atoms with van der Waals surface area (Å²) in [7, 11) is 0. The summed E-state index contributed by atoms with van der Waals surface area (Å²) in [5.41, 5.74) is 4.33. The average molecular weight is 303 g/mol. The summed E-state index contributed by atoms with van der Waals surface area (Å²) in [6.45, 7) is 1.03. The Morgan fingerprint density at radius 3 is 2.71 bits per heavy atom. The molecule has 0 bridgehead atoms. The Kier molecular flexibility index (Phi) is 4.51. The van der Waals surface area contributed by atoms with Crippen molar-refractivity contribution in [2.75, 3.05) is 13.1 Å². The molecule has 7 heteroatoms. The molecule has 0 aromatic heterocycles. The van der Waals surface area contributed by atoms with E-state index in [-0.39, 0.29) is 6.04 Å². The zero-order chi connectivity index (χ0) is 15.6. The Bertz CT molecular complexity index is 530. The molecular formula is C14H15F4N2O. The van der Waals surface area contributed by atoms with Crippen LogP contribution in [0.4, 0.5) is 17.6 Å². The molecule has 2 N–H and O–H groups in total. The lowest BCUT2D eigenvalue weighted by Gasteiger charge is -2.21. The van der Waals surface area contributed by atoms with E-state index >= 15 is 0 Å². The Labute approximate surface area is 119 Å². The van der Waals surface area contributed by atoms with Crippen LogP contribution in [0.5, 0.6) is 0 Å². The Morgan fingerprint density at radius 1 is 1.43 bits per heavy atom. The van der Waals surface area contributed by atoms with E-state index in [0.29, 0.717) is 25.1 Å². The fourth-order valence-electron chi connectivity index (χ4n) is 2.48. The normalized spacial score (nSPS) is 19.9. The zero-order valence-corrected chi connectivity index (χ0v) is 11.2. The molecule has 1 aromatic rings. The second-order valence-electron chi connectivity index (χ2n) is 5.00. The highest BCUT2D eigenvalue weighted by molar-refractivity contribution is 5.80. The second-order valence-corrected chi connectivity index (χ2v) is 5.00. The maximum absolute atomic E-state index is 13.4. The van der Waals surface area contributed by atoms with Gasteiger partial charge in [0.1, 0.15) is 5.82 Å². The van der Waals surface area contributed by atoms with E-state index in [4.69, 9.17) is 5.73 Å². The molecule has 1 aromatic carbocycles. The molecule has 2 rings (SSSR count). The quantitative estimate of drug-likeness (QED) is 0.868. The van der Waals surface area contributed by atoms with Crippen LogP contribution in [0.15, 0.2) is 18.2 Å². The molecule has 0 unspecified atom stereocenters. The van der Waals surface area contributed by atoms with Gasteiger partial charge in [-0.2, -0.15) is 13.2 Å². The standard InChI is InChI=1S/C14H15F4N2O/c15-11-8-9(3-4-10(11)14(16,17)18)5-7-20-6-1-2-12(20)13(19)21/h3-5,8,12H,1-2,6-7H2,(H2,19,21)/t12-/m0/s1. The minimum atomic E-state index is -4.70. The van der Waals surface area contributed by atoms with E-state index in [1.165, 1.54) is 6.07 Å². The van der Waals surface area contributed by atoms with Crippen molar-refractivity contribution in [2.24, 2.45) is 5.73 Å². The van der Waals surface area contributed by atoms with Gasteiger partial charge in [-0.1, -0.05) is 6.07 Å². The molecule has 1 radical (unpaired) electrons. The van der Waals surface area contributed by atoms with E-state index in [0.717, 1.165) is 18.6 Å². The number of hydrogen-bond acceptors (Lipinski definition) is 2. The SMILES string of the molecule is NC(=O)[C@@H]1CCCN1C[CH]c1ccc(C(F)(F)F)c(F)c1. The summed E-state index contributed by atoms with van der Waals surface area (Å²) in [4.78, 5) is 13.0. The van der Waals surface area contributed by atoms with Gasteiger partial charge in [-0.05, 0) is 37.1 Å². The average Bonchev–Trinajstić information content (AvgIpc) is 2.83. The van der Waals surface area contributed by atoms with E-state index in [9.17, 15) is 22.4 Å². The van der Waals surface area contributed by atoms with Crippen molar-refractivity contribution in [3.63, 3.8) is 0 Å². The van der Waals surface area contributed by atoms with Crippen LogP contribution in [0.2, 0.25) is 0 Å². The Balaban J connectivity index is 2.01. The number of carbonyl (C=O) groups excluding carboxylic acids is 1. The number of rotatable bonds is 4. The van der Waals surface area contributed by atoms with E-state index in [2.05, 4.69) is 0 Å². The number of nitrogens with two attached hydrogens (primary N) is 1. The third-order valence-corrected chi connectivity index (χ3v) is 3.55. The fourth-order valence-corrected chi connectivity index (χ4v) is 2.48. The number of halogens is 4. The van der Waals surface area contributed by atoms with Gasteiger partial charge in [0.05, 0.1) is 11.6 Å². The predicted octanol–water partition coefficient (Wildman–Crippen LogP) is 2.35. The van der Waals surface area contributed by atoms with Crippen molar-refractivity contribution >= 4 is 5.91 Å². The van der Waals surface area contributed by atoms with Gasteiger partial charge in [0.25, 0.3) is 0 Å². The third-order valence-electron chi connectivity index (χ3n) is 3.55. The van der Waals surface area contributed by atoms with Gasteiger partial charge in [-0.15, -0.1) is 0 Å². The molecule has 1 amide bonds. The van der Waals surface area contributed by atoms with Crippen molar-refractivity contribution < 1.29 is 22.4 Å². The molecule has 0 spiro atoms. The van der Waals surface area contributed by atoms with Gasteiger partial charge in [0.15, 0.2) is 0 Å². The monoisotopic (exact) mass is 303 g/mol. The lowest BCUT2D eigenvalue weighted by Crippen LogP contribution is -2.40. The molecule has 3 nitrogen and oxygen atoms in total. The first-order valence-electron chi connectivity index (χ1n) is 6.52. The summed E-state index contributed by atoms with van der Waals surface area (Å²) in [5, 5.41) is 0. The van der Waals surface area contributed by atoms with Crippen LogP contribution >= 0.6 is 0 Å². The molecule has 1 aliphatic rings. The Morgan fingerprint density at radius 2 is 2.14 bits per heavy atom. The molecule has 1 aliphatic heterocycles. The lowest BCUT2D eigenvalue weighted by atomic mass is 10.1. The number of likely N-dealkylation sites (tertiary alicyclic amines) is 1. The summed E-state index contributed by atoms with van der Waals surface area (Å²) in [6.07, 6.45) is -1.60. The summed E-state index contributed by atoms with van der Waals surface area (Å²) < 4.78 is 50.8. The van der Waals surface area contributed by atoms with E-state index < -0.39 is 23.5 Å². The molecular weight excluding hydrogens is 288 g/mol. The molecule has 1 atom stereocenters. The van der Waals surface area contributed by atoms with Crippen LogP contribution in [0.25, 0.3) is 0 Å². The van der Waals surface area contributed by atoms with Crippen LogP contribution < -0.4 is 5.73 Å². The molecule has 1 saturated heterocycles. The molecule has 1 fully saturated rings. The maximum atomic E-state index is 13.4. The molecule has 115 valence electrons. The largest absolute Gasteiger partial charge is 0.419 e. The lowest BCUT2D eigenvalue weighted by molar-refractivity contribution is -0.140. The van der Waals surface area contributed by atoms with Crippen molar-refractivity contribution in [3.8, 4) is 0 Å². The van der Waals surface area contributed by atoms with Gasteiger partial charge in [-0.3, -0.25) is 9.69 Å². The topological polar surface area (TPSA) is 46.3 Å². The number of nitrogens with zero attached hydrogens (tertiary/aromatic N) is 1. The highest BCUT2D eigenvalue weighted by atomic mass is 19.4. The highest BCUT2D eigenvalue weighted by Gasteiger charge is 2.34. The van der Waals surface area contributed by atoms with Crippen LogP contribution in [0.1, 0.15) is 24.0 Å². The number of carbonyl (C=O) groups is 1. The first-order chi connectivity index (χ1) is 9.79. The summed E-state index contributed by atoms with van der Waals surface area (Å²) in [5.74, 6) is -1.72. The van der Waals surface area contributed by atoms with Gasteiger partial charge >= 0.3 is 6.18 Å². The van der Waals surface area contributed by atoms with Crippen molar-refractivity contribution in [3.05, 3.63) is 41.6 Å². The number of benzene rings is 1. The summed E-state index contributed by atoms with van der Waals surface area (Å²) in [6, 6.07) is 2.41. The minimum absolute atomic E-state index is 0.343. The van der Waals surface area contributed by atoms with Gasteiger partial charge in [-0.25, -0.2) is 4.39 Å². The van der Waals surface area contributed by atoms with Crippen LogP contribution in [-0.4, -0.2) is 29.9 Å². The molecule has 0 aliphatic carbocycles. The summed E-state index contributed by atoms with van der Waals surface area (Å²) >= 11 is 0. The molecule has 0 saturated carbocycles. The number of hydrogen-bond donors (Lipinski definition) is 1. The maximum Gasteiger partial charge on any atom is 0.419 e. The van der Waals surface area contributed by atoms with E-state index in [1.807, 2.05) is 4.90 Å². The van der Waals surface area contributed by atoms with Gasteiger partial charge in [0, 0.05) is 13.0 Å². The third kappa shape index (κ3) is 3.72. The number of primary amides is 1. The van der Waals surface area contributed by atoms with Crippen LogP contribution in [-0.2, 0) is 11.0 Å². The van der Waals surface area contributed by atoms with Gasteiger partial charge < -0.3 is 5.73 Å². The molecule has 1 heterocycles. The van der Waals surface area contributed by atoms with Crippen LogP contribution in [0, 0.1) is 12.2 Å². The fraction of sp³-hybridized carbons (Fsp3) is 0.429. The first-order valence-corrected chi connectivity index (χ1v) is 6.52. The van der Waals surface area contributed by atoms with Crippen LogP contribution in [0.3, 0.4) is 0 Å². The van der Waals surface area contributed by atoms with Crippen molar-refractivity contribution in [1.29, 1.82) is 0 Å². The zero-order valence-electron chi connectivity index (χ0n) is 11.2. The van der Waals surface area contributed by atoms with Crippen molar-refractivity contribution in [2.45, 2.75) is 25.1 Å². The number of amides is 1. The second kappa shape index (κ2) is 6.01. The number of alkyl halides is 3. The minimum Gasteiger partial charge on any atom is -0.368 e. The predicted molar refractivity (Wildman–Crippen MR) is 68.6 cm³/mol. The highest BCUT2D eigenvalue weighted by Crippen LogP contribution is 2.31. The van der Waals surface area contributed by atoms with Gasteiger partial charge in [0.2, 0.25) is 5.91 Å².